The molecule has 1 amide bonds. The molecule has 0 aliphatic heterocycles. The number of halogens is 1. The van der Waals surface area contributed by atoms with E-state index < -0.39 is 0 Å². The van der Waals surface area contributed by atoms with Crippen LogP contribution in [-0.4, -0.2) is 24.0 Å². The third-order valence-corrected chi connectivity index (χ3v) is 4.26. The van der Waals surface area contributed by atoms with Crippen LogP contribution in [-0.2, 0) is 13.0 Å². The molecule has 0 saturated heterocycles. The zero-order valence-corrected chi connectivity index (χ0v) is 16.2. The number of hydrogen-bond donors (Lipinski definition) is 1. The minimum Gasteiger partial charge on any atom is -0.490 e. The van der Waals surface area contributed by atoms with Crippen LogP contribution in [0, 0.1) is 5.82 Å². The Hall–Kier alpha value is -3.41. The van der Waals surface area contributed by atoms with Crippen molar-refractivity contribution in [2.45, 2.75) is 20.0 Å². The van der Waals surface area contributed by atoms with Gasteiger partial charge in [0.25, 0.3) is 5.91 Å². The molecule has 2 aromatic carbocycles. The summed E-state index contributed by atoms with van der Waals surface area (Å²) in [7, 11) is 0. The molecule has 5 nitrogen and oxygen atoms in total. The van der Waals surface area contributed by atoms with Crippen LogP contribution in [0.5, 0.6) is 11.5 Å². The molecule has 0 bridgehead atoms. The second-order valence-corrected chi connectivity index (χ2v) is 6.37. The highest BCUT2D eigenvalue weighted by molar-refractivity contribution is 5.94. The molecule has 0 spiro atoms. The maximum absolute atomic E-state index is 12.9. The predicted octanol–water partition coefficient (Wildman–Crippen LogP) is 4.17. The minimum absolute atomic E-state index is 0.200. The Morgan fingerprint density at radius 1 is 0.966 bits per heavy atom. The molecule has 0 atom stereocenters. The van der Waals surface area contributed by atoms with Crippen molar-refractivity contribution in [1.29, 1.82) is 0 Å². The Labute approximate surface area is 169 Å². The fourth-order valence-electron chi connectivity index (χ4n) is 2.75. The van der Waals surface area contributed by atoms with E-state index >= 15 is 0 Å². The summed E-state index contributed by atoms with van der Waals surface area (Å²) in [4.78, 5) is 16.4. The zero-order valence-electron chi connectivity index (χ0n) is 16.2. The van der Waals surface area contributed by atoms with Crippen molar-refractivity contribution in [3.8, 4) is 11.5 Å². The maximum atomic E-state index is 12.9. The number of amides is 1. The molecule has 1 aromatic heterocycles. The van der Waals surface area contributed by atoms with E-state index in [-0.39, 0.29) is 11.7 Å². The first-order valence-electron chi connectivity index (χ1n) is 9.47. The molecule has 0 radical (unpaired) electrons. The van der Waals surface area contributed by atoms with E-state index in [2.05, 4.69) is 10.3 Å². The third-order valence-electron chi connectivity index (χ3n) is 4.26. The van der Waals surface area contributed by atoms with Gasteiger partial charge in [0.15, 0.2) is 11.5 Å². The normalized spacial score (nSPS) is 10.4. The van der Waals surface area contributed by atoms with E-state index in [0.717, 1.165) is 11.1 Å². The van der Waals surface area contributed by atoms with Crippen molar-refractivity contribution in [3.05, 3.63) is 89.5 Å². The van der Waals surface area contributed by atoms with Crippen LogP contribution in [0.4, 0.5) is 4.39 Å². The summed E-state index contributed by atoms with van der Waals surface area (Å²) in [6.45, 7) is 3.17. The SMILES string of the molecule is CCOc1cc(C(=O)NCCc2ccc(F)cc2)ccc1OCc1ccncc1. The number of nitrogens with zero attached hydrogens (tertiary/aromatic N) is 1. The molecule has 0 aliphatic carbocycles. The molecule has 29 heavy (non-hydrogen) atoms. The monoisotopic (exact) mass is 394 g/mol. The van der Waals surface area contributed by atoms with E-state index in [9.17, 15) is 9.18 Å². The fourth-order valence-corrected chi connectivity index (χ4v) is 2.75. The Morgan fingerprint density at radius 2 is 1.72 bits per heavy atom. The molecule has 150 valence electrons. The van der Waals surface area contributed by atoms with Crippen molar-refractivity contribution < 1.29 is 18.7 Å². The third kappa shape index (κ3) is 6.04. The predicted molar refractivity (Wildman–Crippen MR) is 109 cm³/mol. The average molecular weight is 394 g/mol. The van der Waals surface area contributed by atoms with Gasteiger partial charge in [0.05, 0.1) is 6.61 Å². The van der Waals surface area contributed by atoms with E-state index in [4.69, 9.17) is 9.47 Å². The smallest absolute Gasteiger partial charge is 0.251 e. The molecule has 6 heteroatoms. The van der Waals surface area contributed by atoms with Gasteiger partial charge in [-0.15, -0.1) is 0 Å². The molecular weight excluding hydrogens is 371 g/mol. The zero-order chi connectivity index (χ0) is 20.5. The summed E-state index contributed by atoms with van der Waals surface area (Å²) in [5, 5.41) is 2.87. The molecule has 0 fully saturated rings. The fraction of sp³-hybridized carbons (Fsp3) is 0.217. The number of nitrogens with one attached hydrogen (secondary N) is 1. The summed E-state index contributed by atoms with van der Waals surface area (Å²) in [5.41, 5.74) is 2.44. The van der Waals surface area contributed by atoms with Crippen molar-refractivity contribution in [2.75, 3.05) is 13.2 Å². The topological polar surface area (TPSA) is 60.5 Å². The summed E-state index contributed by atoms with van der Waals surface area (Å²) in [6, 6.07) is 15.1. The average Bonchev–Trinajstić information content (AvgIpc) is 2.75. The lowest BCUT2D eigenvalue weighted by molar-refractivity contribution is 0.0953. The van der Waals surface area contributed by atoms with Crippen LogP contribution in [0.3, 0.4) is 0 Å². The van der Waals surface area contributed by atoms with Gasteiger partial charge in [-0.3, -0.25) is 9.78 Å². The van der Waals surface area contributed by atoms with Gasteiger partial charge in [-0.2, -0.15) is 0 Å². The van der Waals surface area contributed by atoms with E-state index in [1.807, 2.05) is 19.1 Å². The summed E-state index contributed by atoms with van der Waals surface area (Å²) < 4.78 is 24.4. The minimum atomic E-state index is -0.271. The lowest BCUT2D eigenvalue weighted by atomic mass is 10.1. The van der Waals surface area contributed by atoms with Gasteiger partial charge in [-0.25, -0.2) is 4.39 Å². The maximum Gasteiger partial charge on any atom is 0.251 e. The van der Waals surface area contributed by atoms with Gasteiger partial charge < -0.3 is 14.8 Å². The van der Waals surface area contributed by atoms with Crippen LogP contribution >= 0.6 is 0 Å². The summed E-state index contributed by atoms with van der Waals surface area (Å²) in [5.74, 6) is 0.625. The molecule has 1 N–H and O–H groups in total. The largest absolute Gasteiger partial charge is 0.490 e. The number of rotatable bonds is 9. The number of hydrogen-bond acceptors (Lipinski definition) is 4. The molecule has 3 aromatic rings. The Morgan fingerprint density at radius 3 is 2.45 bits per heavy atom. The molecule has 0 saturated carbocycles. The summed E-state index contributed by atoms with van der Waals surface area (Å²) >= 11 is 0. The standard InChI is InChI=1S/C23H23FN2O3/c1-2-28-22-15-19(5-8-21(22)29-16-18-9-12-25-13-10-18)23(27)26-14-11-17-3-6-20(24)7-4-17/h3-10,12-13,15H,2,11,14,16H2,1H3,(H,26,27). The number of aromatic nitrogens is 1. The second-order valence-electron chi connectivity index (χ2n) is 6.37. The number of benzene rings is 2. The Balaban J connectivity index is 1.60. The van der Waals surface area contributed by atoms with Gasteiger partial charge in [-0.1, -0.05) is 12.1 Å². The summed E-state index contributed by atoms with van der Waals surface area (Å²) in [6.07, 6.45) is 4.04. The lowest BCUT2D eigenvalue weighted by Gasteiger charge is -2.13. The highest BCUT2D eigenvalue weighted by Crippen LogP contribution is 2.29. The van der Waals surface area contributed by atoms with Gasteiger partial charge in [0, 0.05) is 24.5 Å². The second kappa shape index (κ2) is 10.2. The van der Waals surface area contributed by atoms with Crippen molar-refractivity contribution in [1.82, 2.24) is 10.3 Å². The Kier molecular flexibility index (Phi) is 7.16. The number of ether oxygens (including phenoxy) is 2. The highest BCUT2D eigenvalue weighted by Gasteiger charge is 2.12. The van der Waals surface area contributed by atoms with Crippen molar-refractivity contribution in [3.63, 3.8) is 0 Å². The van der Waals surface area contributed by atoms with Gasteiger partial charge in [0.2, 0.25) is 0 Å². The molecule has 0 aliphatic rings. The molecule has 0 unspecified atom stereocenters. The Bertz CT molecular complexity index is 931. The van der Waals surface area contributed by atoms with Crippen molar-refractivity contribution in [2.24, 2.45) is 0 Å². The van der Waals surface area contributed by atoms with Crippen LogP contribution in [0.25, 0.3) is 0 Å². The van der Waals surface area contributed by atoms with Crippen LogP contribution in [0.15, 0.2) is 67.0 Å². The number of pyridine rings is 1. The van der Waals surface area contributed by atoms with Gasteiger partial charge in [-0.05, 0) is 66.9 Å². The van der Waals surface area contributed by atoms with E-state index in [0.29, 0.717) is 43.2 Å². The van der Waals surface area contributed by atoms with Crippen LogP contribution < -0.4 is 14.8 Å². The van der Waals surface area contributed by atoms with E-state index in [1.165, 1.54) is 12.1 Å². The quantitative estimate of drug-likeness (QED) is 0.592. The first-order chi connectivity index (χ1) is 14.2. The number of carbonyl (C=O) groups is 1. The molecule has 1 heterocycles. The van der Waals surface area contributed by atoms with Crippen LogP contribution in [0.2, 0.25) is 0 Å². The van der Waals surface area contributed by atoms with E-state index in [1.54, 1.807) is 42.7 Å². The highest BCUT2D eigenvalue weighted by atomic mass is 19.1. The first-order valence-corrected chi connectivity index (χ1v) is 9.47. The lowest BCUT2D eigenvalue weighted by Crippen LogP contribution is -2.25. The first kappa shape index (κ1) is 20.3. The molecular formula is C23H23FN2O3. The van der Waals surface area contributed by atoms with Crippen molar-refractivity contribution >= 4 is 5.91 Å². The number of carbonyl (C=O) groups excluding carboxylic acids is 1. The van der Waals surface area contributed by atoms with Gasteiger partial charge in [0.1, 0.15) is 12.4 Å². The van der Waals surface area contributed by atoms with Gasteiger partial charge >= 0.3 is 0 Å². The molecule has 3 rings (SSSR count). The van der Waals surface area contributed by atoms with Crippen LogP contribution in [0.1, 0.15) is 28.4 Å².